The largest absolute Gasteiger partial charge is 0.493 e. The number of methoxy groups -OCH3 is 3. The van der Waals surface area contributed by atoms with Crippen molar-refractivity contribution in [3.8, 4) is 17.2 Å². The van der Waals surface area contributed by atoms with Crippen molar-refractivity contribution in [3.63, 3.8) is 0 Å². The van der Waals surface area contributed by atoms with Crippen LogP contribution in [0.4, 0.5) is 0 Å². The predicted octanol–water partition coefficient (Wildman–Crippen LogP) is 0.0201. The molecule has 150 valence electrons. The Morgan fingerprint density at radius 1 is 1.04 bits per heavy atom. The van der Waals surface area contributed by atoms with E-state index in [1.165, 1.54) is 0 Å². The number of aliphatic imine (C=N–C) groups is 1. The van der Waals surface area contributed by atoms with E-state index in [4.69, 9.17) is 25.7 Å². The maximum Gasteiger partial charge on any atom is 0.224 e. The van der Waals surface area contributed by atoms with Gasteiger partial charge in [-0.25, -0.2) is 0 Å². The summed E-state index contributed by atoms with van der Waals surface area (Å²) in [4.78, 5) is 20.2. The minimum atomic E-state index is 0.0106. The van der Waals surface area contributed by atoms with Crippen LogP contribution in [0, 0.1) is 0 Å². The monoisotopic (exact) mass is 379 g/mol. The second-order valence-corrected chi connectivity index (χ2v) is 6.21. The van der Waals surface area contributed by atoms with Gasteiger partial charge < -0.3 is 30.6 Å². The lowest BCUT2D eigenvalue weighted by molar-refractivity contribution is -0.132. The van der Waals surface area contributed by atoms with Crippen LogP contribution in [-0.2, 0) is 11.3 Å². The maximum absolute atomic E-state index is 12.2. The van der Waals surface area contributed by atoms with E-state index in [1.807, 2.05) is 17.0 Å². The number of guanidine groups is 1. The van der Waals surface area contributed by atoms with Crippen molar-refractivity contribution in [2.75, 3.05) is 54.1 Å². The molecule has 1 aromatic carbocycles. The van der Waals surface area contributed by atoms with Crippen LogP contribution in [0.2, 0.25) is 0 Å². The summed E-state index contributed by atoms with van der Waals surface area (Å²) in [7, 11) is 4.81. The number of amides is 1. The predicted molar refractivity (Wildman–Crippen MR) is 103 cm³/mol. The molecule has 1 heterocycles. The molecule has 0 aromatic heterocycles. The van der Waals surface area contributed by atoms with Crippen LogP contribution < -0.4 is 25.7 Å². The van der Waals surface area contributed by atoms with Gasteiger partial charge in [0.2, 0.25) is 11.7 Å². The van der Waals surface area contributed by atoms with Crippen LogP contribution >= 0.6 is 0 Å². The van der Waals surface area contributed by atoms with Gasteiger partial charge in [-0.3, -0.25) is 14.7 Å². The van der Waals surface area contributed by atoms with Gasteiger partial charge >= 0.3 is 0 Å². The molecule has 1 aliphatic rings. The van der Waals surface area contributed by atoms with Gasteiger partial charge in [0.15, 0.2) is 17.5 Å². The first-order valence-corrected chi connectivity index (χ1v) is 8.83. The summed E-state index contributed by atoms with van der Waals surface area (Å²) in [5.74, 6) is 1.98. The van der Waals surface area contributed by atoms with Crippen LogP contribution in [-0.4, -0.2) is 75.7 Å². The molecule has 9 nitrogen and oxygen atoms in total. The quantitative estimate of drug-likeness (QED) is 0.483. The van der Waals surface area contributed by atoms with Gasteiger partial charge in [0.1, 0.15) is 0 Å². The number of carbonyl (C=O) groups is 1. The molecule has 0 bridgehead atoms. The summed E-state index contributed by atoms with van der Waals surface area (Å²) >= 11 is 0. The molecular weight excluding hydrogens is 350 g/mol. The van der Waals surface area contributed by atoms with Gasteiger partial charge in [-0.2, -0.15) is 0 Å². The number of nitrogens with two attached hydrogens (primary N) is 2. The Morgan fingerprint density at radius 3 is 2.26 bits per heavy atom. The SMILES string of the molecule is COc1ccc(CN2CCN(C(=O)CCN=C(N)N)CC2)c(OC)c1OC. The number of hydrogen-bond acceptors (Lipinski definition) is 6. The summed E-state index contributed by atoms with van der Waals surface area (Å²) in [6.45, 7) is 3.95. The van der Waals surface area contributed by atoms with Gasteiger partial charge in [0, 0.05) is 44.7 Å². The molecule has 0 saturated carbocycles. The van der Waals surface area contributed by atoms with Crippen molar-refractivity contribution in [2.24, 2.45) is 16.5 Å². The molecule has 1 aromatic rings. The Bertz CT molecular complexity index is 668. The van der Waals surface area contributed by atoms with E-state index in [9.17, 15) is 4.79 Å². The second kappa shape index (κ2) is 9.86. The third-order valence-corrected chi connectivity index (χ3v) is 4.52. The topological polar surface area (TPSA) is 116 Å². The molecular formula is C18H29N5O4. The van der Waals surface area contributed by atoms with E-state index in [-0.39, 0.29) is 11.9 Å². The molecule has 1 aliphatic heterocycles. The number of nitrogens with zero attached hydrogens (tertiary/aromatic N) is 3. The molecule has 0 unspecified atom stereocenters. The fourth-order valence-electron chi connectivity index (χ4n) is 3.12. The molecule has 0 spiro atoms. The normalized spacial score (nSPS) is 14.6. The zero-order chi connectivity index (χ0) is 19.8. The fourth-order valence-corrected chi connectivity index (χ4v) is 3.12. The third-order valence-electron chi connectivity index (χ3n) is 4.52. The van der Waals surface area contributed by atoms with E-state index in [2.05, 4.69) is 9.89 Å². The van der Waals surface area contributed by atoms with Gasteiger partial charge in [-0.05, 0) is 6.07 Å². The summed E-state index contributed by atoms with van der Waals surface area (Å²) in [6, 6.07) is 3.85. The van der Waals surface area contributed by atoms with Crippen LogP contribution in [0.5, 0.6) is 17.2 Å². The Morgan fingerprint density at radius 2 is 1.70 bits per heavy atom. The number of benzene rings is 1. The van der Waals surface area contributed by atoms with Crippen molar-refractivity contribution in [3.05, 3.63) is 17.7 Å². The molecule has 0 radical (unpaired) electrons. The van der Waals surface area contributed by atoms with E-state index in [0.717, 1.165) is 18.7 Å². The van der Waals surface area contributed by atoms with Gasteiger partial charge in [-0.15, -0.1) is 0 Å². The lowest BCUT2D eigenvalue weighted by atomic mass is 10.1. The van der Waals surface area contributed by atoms with Crippen molar-refractivity contribution in [2.45, 2.75) is 13.0 Å². The lowest BCUT2D eigenvalue weighted by Gasteiger charge is -2.35. The second-order valence-electron chi connectivity index (χ2n) is 6.21. The van der Waals surface area contributed by atoms with Crippen molar-refractivity contribution in [1.29, 1.82) is 0 Å². The molecule has 0 atom stereocenters. The number of ether oxygens (including phenoxy) is 3. The highest BCUT2D eigenvalue weighted by molar-refractivity contribution is 5.78. The average Bonchev–Trinajstić information content (AvgIpc) is 2.67. The molecule has 9 heteroatoms. The van der Waals surface area contributed by atoms with Crippen molar-refractivity contribution >= 4 is 11.9 Å². The molecule has 2 rings (SSSR count). The van der Waals surface area contributed by atoms with E-state index in [0.29, 0.717) is 49.8 Å². The number of carbonyl (C=O) groups excluding carboxylic acids is 1. The van der Waals surface area contributed by atoms with Crippen LogP contribution in [0.1, 0.15) is 12.0 Å². The highest BCUT2D eigenvalue weighted by atomic mass is 16.5. The Kier molecular flexibility index (Phi) is 7.54. The van der Waals surface area contributed by atoms with Gasteiger partial charge in [0.25, 0.3) is 0 Å². The first-order valence-electron chi connectivity index (χ1n) is 8.83. The minimum Gasteiger partial charge on any atom is -0.493 e. The number of rotatable bonds is 8. The number of hydrogen-bond donors (Lipinski definition) is 2. The summed E-state index contributed by atoms with van der Waals surface area (Å²) in [6.07, 6.45) is 0.321. The first kappa shape index (κ1) is 20.6. The zero-order valence-corrected chi connectivity index (χ0v) is 16.2. The lowest BCUT2D eigenvalue weighted by Crippen LogP contribution is -2.48. The highest BCUT2D eigenvalue weighted by Crippen LogP contribution is 2.40. The van der Waals surface area contributed by atoms with E-state index in [1.54, 1.807) is 21.3 Å². The molecule has 1 fully saturated rings. The molecule has 4 N–H and O–H groups in total. The van der Waals surface area contributed by atoms with Gasteiger partial charge in [0.05, 0.1) is 27.9 Å². The molecule has 27 heavy (non-hydrogen) atoms. The summed E-state index contributed by atoms with van der Waals surface area (Å²) < 4.78 is 16.3. The first-order chi connectivity index (χ1) is 13.0. The smallest absolute Gasteiger partial charge is 0.224 e. The Balaban J connectivity index is 1.94. The summed E-state index contributed by atoms with van der Waals surface area (Å²) in [5.41, 5.74) is 11.6. The van der Waals surface area contributed by atoms with Crippen molar-refractivity contribution < 1.29 is 19.0 Å². The highest BCUT2D eigenvalue weighted by Gasteiger charge is 2.23. The zero-order valence-electron chi connectivity index (χ0n) is 16.2. The minimum absolute atomic E-state index is 0.0106. The van der Waals surface area contributed by atoms with Crippen LogP contribution in [0.3, 0.4) is 0 Å². The van der Waals surface area contributed by atoms with Gasteiger partial charge in [-0.1, -0.05) is 6.07 Å². The Hall–Kier alpha value is -2.68. The van der Waals surface area contributed by atoms with E-state index >= 15 is 0 Å². The van der Waals surface area contributed by atoms with Crippen molar-refractivity contribution in [1.82, 2.24) is 9.80 Å². The standard InChI is InChI=1S/C18H29N5O4/c1-25-14-5-4-13(16(26-2)17(14)27-3)12-22-8-10-23(11-9-22)15(24)6-7-21-18(19)20/h4-5H,6-12H2,1-3H3,(H4,19,20,21). The molecule has 0 aliphatic carbocycles. The van der Waals surface area contributed by atoms with Crippen LogP contribution in [0.15, 0.2) is 17.1 Å². The fraction of sp³-hybridized carbons (Fsp3) is 0.556. The number of piperazine rings is 1. The molecule has 1 amide bonds. The third kappa shape index (κ3) is 5.40. The van der Waals surface area contributed by atoms with E-state index < -0.39 is 0 Å². The summed E-state index contributed by atoms with van der Waals surface area (Å²) in [5, 5.41) is 0. The molecule has 1 saturated heterocycles. The Labute approximate surface area is 159 Å². The average molecular weight is 379 g/mol. The maximum atomic E-state index is 12.2. The van der Waals surface area contributed by atoms with Crippen LogP contribution in [0.25, 0.3) is 0 Å².